The largest absolute Gasteiger partial charge is 0.479 e. The zero-order valence-corrected chi connectivity index (χ0v) is 13.2. The van der Waals surface area contributed by atoms with E-state index < -0.39 is 10.6 Å². The summed E-state index contributed by atoms with van der Waals surface area (Å²) in [5.41, 5.74) is 2.91. The second kappa shape index (κ2) is 5.65. The van der Waals surface area contributed by atoms with Gasteiger partial charge in [0.05, 0.1) is 12.0 Å². The molecule has 10 heteroatoms. The highest BCUT2D eigenvalue weighted by Gasteiger charge is 2.35. The number of nitrogens with one attached hydrogen (secondary N) is 2. The van der Waals surface area contributed by atoms with Gasteiger partial charge in [-0.15, -0.1) is 0 Å². The van der Waals surface area contributed by atoms with E-state index in [2.05, 4.69) is 20.7 Å². The summed E-state index contributed by atoms with van der Waals surface area (Å²) in [5, 5.41) is 14.9. The highest BCUT2D eigenvalue weighted by atomic mass is 32.2. The molecule has 0 radical (unpaired) electrons. The third-order valence-electron chi connectivity index (χ3n) is 3.55. The molecule has 0 saturated carbocycles. The Kier molecular flexibility index (Phi) is 3.80. The predicted molar refractivity (Wildman–Crippen MR) is 84.1 cm³/mol. The molecule has 0 saturated heterocycles. The lowest BCUT2D eigenvalue weighted by Gasteiger charge is -2.31. The Morgan fingerprint density at radius 3 is 2.91 bits per heavy atom. The van der Waals surface area contributed by atoms with Crippen molar-refractivity contribution < 1.29 is 9.66 Å². The van der Waals surface area contributed by atoms with Gasteiger partial charge in [-0.1, -0.05) is 11.8 Å². The molecule has 3 rings (SSSR count). The first-order valence-corrected chi connectivity index (χ1v) is 7.42. The Balaban J connectivity index is 2.22. The Labute approximate surface area is 135 Å². The normalized spacial score (nSPS) is 19.1. The monoisotopic (exact) mass is 334 g/mol. The van der Waals surface area contributed by atoms with E-state index >= 15 is 0 Å². The van der Waals surface area contributed by atoms with Crippen molar-refractivity contribution in [1.29, 1.82) is 0 Å². The van der Waals surface area contributed by atoms with Gasteiger partial charge in [0.2, 0.25) is 5.88 Å². The van der Waals surface area contributed by atoms with E-state index in [1.54, 1.807) is 13.0 Å². The average molecular weight is 334 g/mol. The predicted octanol–water partition coefficient (Wildman–Crippen LogP) is 1.61. The summed E-state index contributed by atoms with van der Waals surface area (Å²) in [6.07, 6.45) is 1.40. The Morgan fingerprint density at radius 2 is 2.26 bits per heavy atom. The number of ether oxygens (including phenoxy) is 1. The van der Waals surface area contributed by atoms with E-state index in [9.17, 15) is 10.1 Å². The SMILES string of the molecule is COc1ncnc2c1NC(C)(NN)c1cc([N+](=O)[O-])ccc1S2. The summed E-state index contributed by atoms with van der Waals surface area (Å²) < 4.78 is 5.26. The first-order chi connectivity index (χ1) is 11.0. The van der Waals surface area contributed by atoms with Crippen molar-refractivity contribution in [2.75, 3.05) is 12.4 Å². The number of hydrogen-bond donors (Lipinski definition) is 3. The van der Waals surface area contributed by atoms with Crippen LogP contribution in [0.1, 0.15) is 12.5 Å². The van der Waals surface area contributed by atoms with Crippen LogP contribution in [0.15, 0.2) is 34.4 Å². The van der Waals surface area contributed by atoms with Crippen LogP contribution in [-0.4, -0.2) is 22.0 Å². The van der Waals surface area contributed by atoms with Gasteiger partial charge >= 0.3 is 0 Å². The topological polar surface area (TPSA) is 128 Å². The Morgan fingerprint density at radius 1 is 1.48 bits per heavy atom. The molecule has 0 spiro atoms. The minimum atomic E-state index is -0.961. The molecule has 120 valence electrons. The standard InChI is InChI=1S/C13H14N6O3S/c1-13(18-14)8-5-7(19(20)21)3-4-9(8)23-12-10(17-13)11(22-2)15-6-16-12/h3-6,17-18H,14H2,1-2H3. The highest BCUT2D eigenvalue weighted by Crippen LogP contribution is 2.45. The van der Waals surface area contributed by atoms with Crippen molar-refractivity contribution >= 4 is 23.1 Å². The molecular formula is C13H14N6O3S. The van der Waals surface area contributed by atoms with E-state index in [-0.39, 0.29) is 5.69 Å². The highest BCUT2D eigenvalue weighted by molar-refractivity contribution is 7.99. The summed E-state index contributed by atoms with van der Waals surface area (Å²) in [4.78, 5) is 19.8. The number of nitro groups is 1. The van der Waals surface area contributed by atoms with Crippen molar-refractivity contribution in [2.24, 2.45) is 5.84 Å². The molecule has 4 N–H and O–H groups in total. The smallest absolute Gasteiger partial charge is 0.269 e. The zero-order valence-electron chi connectivity index (χ0n) is 12.4. The molecule has 9 nitrogen and oxygen atoms in total. The first kappa shape index (κ1) is 15.5. The third-order valence-corrected chi connectivity index (χ3v) is 4.63. The summed E-state index contributed by atoms with van der Waals surface area (Å²) in [6.45, 7) is 1.78. The van der Waals surface area contributed by atoms with Crippen molar-refractivity contribution in [3.05, 3.63) is 40.2 Å². The molecule has 1 aliphatic rings. The number of anilines is 1. The van der Waals surface area contributed by atoms with Crippen molar-refractivity contribution in [3.8, 4) is 5.88 Å². The Hall–Kier alpha value is -2.43. The van der Waals surface area contributed by atoms with Gasteiger partial charge in [-0.05, 0) is 13.0 Å². The fraction of sp³-hybridized carbons (Fsp3) is 0.231. The van der Waals surface area contributed by atoms with Crippen LogP contribution < -0.4 is 21.3 Å². The van der Waals surface area contributed by atoms with E-state index in [1.807, 2.05) is 0 Å². The zero-order chi connectivity index (χ0) is 16.6. The summed E-state index contributed by atoms with van der Waals surface area (Å²) in [6, 6.07) is 4.62. The molecule has 0 aliphatic carbocycles. The van der Waals surface area contributed by atoms with E-state index in [0.717, 1.165) is 4.90 Å². The third kappa shape index (κ3) is 2.56. The number of fused-ring (bicyclic) bond motifs is 2. The lowest BCUT2D eigenvalue weighted by Crippen LogP contribution is -2.50. The molecule has 0 amide bonds. The second-order valence-corrected chi connectivity index (χ2v) is 6.03. The number of methoxy groups -OCH3 is 1. The van der Waals surface area contributed by atoms with E-state index in [4.69, 9.17) is 10.6 Å². The van der Waals surface area contributed by atoms with E-state index in [1.165, 1.54) is 37.3 Å². The molecule has 2 aromatic rings. The maximum atomic E-state index is 11.1. The maximum Gasteiger partial charge on any atom is 0.269 e. The van der Waals surface area contributed by atoms with Crippen LogP contribution in [0.4, 0.5) is 11.4 Å². The summed E-state index contributed by atoms with van der Waals surface area (Å²) in [7, 11) is 1.51. The van der Waals surface area contributed by atoms with E-state index in [0.29, 0.717) is 22.2 Å². The number of hydrogen-bond acceptors (Lipinski definition) is 9. The van der Waals surface area contributed by atoms with Gasteiger partial charge < -0.3 is 10.1 Å². The second-order valence-electron chi connectivity index (χ2n) is 5.00. The fourth-order valence-electron chi connectivity index (χ4n) is 2.34. The minimum absolute atomic E-state index is 0.0170. The number of nitrogens with zero attached hydrogens (tertiary/aromatic N) is 3. The van der Waals surface area contributed by atoms with Gasteiger partial charge in [0.1, 0.15) is 22.7 Å². The summed E-state index contributed by atoms with van der Waals surface area (Å²) in [5.74, 6) is 6.09. The Bertz CT molecular complexity index is 786. The van der Waals surface area contributed by atoms with Crippen LogP contribution in [0.25, 0.3) is 0 Å². The van der Waals surface area contributed by atoms with Gasteiger partial charge in [0, 0.05) is 22.6 Å². The van der Waals surface area contributed by atoms with Gasteiger partial charge in [-0.2, -0.15) is 4.98 Å². The number of hydrazine groups is 1. The molecular weight excluding hydrogens is 320 g/mol. The molecule has 1 aromatic heterocycles. The molecule has 0 fully saturated rings. The first-order valence-electron chi connectivity index (χ1n) is 6.60. The van der Waals surface area contributed by atoms with Crippen LogP contribution in [0.2, 0.25) is 0 Å². The van der Waals surface area contributed by atoms with Gasteiger partial charge in [-0.25, -0.2) is 10.4 Å². The van der Waals surface area contributed by atoms with Crippen LogP contribution in [0, 0.1) is 10.1 Å². The lowest BCUT2D eigenvalue weighted by molar-refractivity contribution is -0.385. The molecule has 1 unspecified atom stereocenters. The molecule has 23 heavy (non-hydrogen) atoms. The van der Waals surface area contributed by atoms with Crippen molar-refractivity contribution in [3.63, 3.8) is 0 Å². The van der Waals surface area contributed by atoms with Gasteiger partial charge in [0.25, 0.3) is 5.69 Å². The van der Waals surface area contributed by atoms with Crippen LogP contribution in [0.5, 0.6) is 5.88 Å². The number of rotatable bonds is 3. The molecule has 1 aromatic carbocycles. The minimum Gasteiger partial charge on any atom is -0.479 e. The van der Waals surface area contributed by atoms with Gasteiger partial charge in [0.15, 0.2) is 0 Å². The average Bonchev–Trinajstić information content (AvgIpc) is 2.68. The number of aromatic nitrogens is 2. The fourth-order valence-corrected chi connectivity index (χ4v) is 3.40. The molecule has 2 heterocycles. The molecule has 1 atom stereocenters. The maximum absolute atomic E-state index is 11.1. The number of benzene rings is 1. The molecule has 0 bridgehead atoms. The number of non-ortho nitro benzene ring substituents is 1. The summed E-state index contributed by atoms with van der Waals surface area (Å²) >= 11 is 1.36. The van der Waals surface area contributed by atoms with Gasteiger partial charge in [-0.3, -0.25) is 16.0 Å². The van der Waals surface area contributed by atoms with Crippen molar-refractivity contribution in [1.82, 2.24) is 15.4 Å². The van der Waals surface area contributed by atoms with Crippen LogP contribution in [-0.2, 0) is 5.66 Å². The van der Waals surface area contributed by atoms with Crippen LogP contribution >= 0.6 is 11.8 Å². The quantitative estimate of drug-likeness (QED) is 0.332. The van der Waals surface area contributed by atoms with Crippen molar-refractivity contribution in [2.45, 2.75) is 22.5 Å². The number of nitro benzene ring substituents is 1. The van der Waals surface area contributed by atoms with Crippen LogP contribution in [0.3, 0.4) is 0 Å². The molecule has 1 aliphatic heterocycles. The lowest BCUT2D eigenvalue weighted by atomic mass is 10.0. The number of nitrogens with two attached hydrogens (primary N) is 1.